The summed E-state index contributed by atoms with van der Waals surface area (Å²) in [5, 5.41) is 0. The largest absolute Gasteiger partial charge is 0.299 e. The van der Waals surface area contributed by atoms with Crippen LogP contribution in [0.1, 0.15) is 71.6 Å². The molecule has 0 unspecified atom stereocenters. The van der Waals surface area contributed by atoms with Gasteiger partial charge in [-0.25, -0.2) is 0 Å². The molecule has 17 heavy (non-hydrogen) atoms. The summed E-state index contributed by atoms with van der Waals surface area (Å²) in [6.45, 7) is 8.47. The third-order valence-corrected chi connectivity index (χ3v) is 3.82. The molecule has 0 atom stereocenters. The lowest BCUT2D eigenvalue weighted by atomic mass is 10.1. The Hall–Kier alpha value is -0.300. The fourth-order valence-corrected chi connectivity index (χ4v) is 2.59. The summed E-state index contributed by atoms with van der Waals surface area (Å²) in [5.41, 5.74) is 1.67. The summed E-state index contributed by atoms with van der Waals surface area (Å²) in [5.74, 6) is 0. The quantitative estimate of drug-likeness (QED) is 0.475. The monoisotopic (exact) mass is 237 g/mol. The van der Waals surface area contributed by atoms with E-state index >= 15 is 0 Å². The van der Waals surface area contributed by atoms with Gasteiger partial charge in [0.2, 0.25) is 0 Å². The summed E-state index contributed by atoms with van der Waals surface area (Å²) in [7, 11) is 0. The van der Waals surface area contributed by atoms with Crippen LogP contribution in [0.5, 0.6) is 0 Å². The van der Waals surface area contributed by atoms with Crippen molar-refractivity contribution in [2.45, 2.75) is 71.6 Å². The summed E-state index contributed by atoms with van der Waals surface area (Å²) < 4.78 is 0. The normalized spacial score (nSPS) is 20.0. The summed E-state index contributed by atoms with van der Waals surface area (Å²) >= 11 is 0. The zero-order chi connectivity index (χ0) is 12.3. The Morgan fingerprint density at radius 2 is 1.65 bits per heavy atom. The lowest BCUT2D eigenvalue weighted by Gasteiger charge is -2.25. The molecule has 1 fully saturated rings. The molecule has 0 aromatic carbocycles. The maximum atomic E-state index is 2.68. The van der Waals surface area contributed by atoms with Crippen LogP contribution in [0.2, 0.25) is 0 Å². The van der Waals surface area contributed by atoms with Gasteiger partial charge in [0.1, 0.15) is 0 Å². The molecule has 1 heteroatoms. The Labute approximate surface area is 108 Å². The van der Waals surface area contributed by atoms with E-state index in [0.29, 0.717) is 0 Å². The van der Waals surface area contributed by atoms with E-state index in [1.807, 2.05) is 0 Å². The number of hydrogen-bond donors (Lipinski definition) is 0. The molecule has 0 amide bonds. The highest BCUT2D eigenvalue weighted by Gasteiger charge is 2.08. The van der Waals surface area contributed by atoms with E-state index in [4.69, 9.17) is 0 Å². The number of hydrogen-bond acceptors (Lipinski definition) is 1. The molecule has 1 saturated heterocycles. The molecule has 1 aliphatic heterocycles. The molecule has 0 saturated carbocycles. The Balaban J connectivity index is 2.33. The summed E-state index contributed by atoms with van der Waals surface area (Å²) in [6.07, 6.45) is 14.9. The zero-order valence-corrected chi connectivity index (χ0v) is 12.0. The van der Waals surface area contributed by atoms with Crippen LogP contribution in [-0.2, 0) is 0 Å². The molecule has 1 aliphatic rings. The highest BCUT2D eigenvalue weighted by atomic mass is 15.1. The van der Waals surface area contributed by atoms with Gasteiger partial charge >= 0.3 is 0 Å². The molecular weight excluding hydrogens is 206 g/mol. The van der Waals surface area contributed by atoms with E-state index in [2.05, 4.69) is 24.8 Å². The maximum Gasteiger partial charge on any atom is 0.0192 e. The summed E-state index contributed by atoms with van der Waals surface area (Å²) in [4.78, 5) is 2.68. The number of rotatable bonds is 6. The molecule has 0 spiro atoms. The lowest BCUT2D eigenvalue weighted by molar-refractivity contribution is 0.264. The van der Waals surface area contributed by atoms with Crippen molar-refractivity contribution >= 4 is 0 Å². The van der Waals surface area contributed by atoms with Crippen LogP contribution in [0.25, 0.3) is 0 Å². The molecule has 0 bridgehead atoms. The van der Waals surface area contributed by atoms with Crippen LogP contribution < -0.4 is 0 Å². The minimum Gasteiger partial charge on any atom is -0.299 e. The van der Waals surface area contributed by atoms with Crippen LogP contribution in [0.15, 0.2) is 11.6 Å². The Kier molecular flexibility index (Phi) is 8.42. The van der Waals surface area contributed by atoms with E-state index in [1.165, 1.54) is 77.4 Å². The van der Waals surface area contributed by atoms with Crippen molar-refractivity contribution in [3.63, 3.8) is 0 Å². The lowest BCUT2D eigenvalue weighted by Crippen LogP contribution is -2.29. The third kappa shape index (κ3) is 6.88. The van der Waals surface area contributed by atoms with Gasteiger partial charge in [-0.3, -0.25) is 4.90 Å². The summed E-state index contributed by atoms with van der Waals surface area (Å²) in [6, 6.07) is 0. The predicted molar refractivity (Wildman–Crippen MR) is 77.4 cm³/mol. The number of unbranched alkanes of at least 4 members (excludes halogenated alkanes) is 2. The maximum absolute atomic E-state index is 2.68. The van der Waals surface area contributed by atoms with Gasteiger partial charge in [-0.1, -0.05) is 57.6 Å². The highest BCUT2D eigenvalue weighted by Crippen LogP contribution is 2.14. The first-order valence-electron chi connectivity index (χ1n) is 7.77. The van der Waals surface area contributed by atoms with Crippen molar-refractivity contribution in [2.24, 2.45) is 0 Å². The van der Waals surface area contributed by atoms with Gasteiger partial charge in [0, 0.05) is 6.54 Å². The van der Waals surface area contributed by atoms with Crippen LogP contribution in [0.3, 0.4) is 0 Å². The first kappa shape index (κ1) is 14.8. The minimum absolute atomic E-state index is 1.24. The van der Waals surface area contributed by atoms with Crippen LogP contribution in [0.4, 0.5) is 0 Å². The molecule has 1 nitrogen and oxygen atoms in total. The minimum atomic E-state index is 1.24. The van der Waals surface area contributed by atoms with Gasteiger partial charge in [0.25, 0.3) is 0 Å². The second kappa shape index (κ2) is 9.70. The third-order valence-electron chi connectivity index (χ3n) is 3.82. The van der Waals surface area contributed by atoms with Gasteiger partial charge in [-0.15, -0.1) is 0 Å². The predicted octanol–water partition coefficient (Wildman–Crippen LogP) is 4.78. The molecule has 1 rings (SSSR count). The molecule has 0 radical (unpaired) electrons. The van der Waals surface area contributed by atoms with Crippen LogP contribution >= 0.6 is 0 Å². The molecule has 0 aromatic rings. The molecule has 100 valence electrons. The van der Waals surface area contributed by atoms with E-state index in [0.717, 1.165) is 0 Å². The van der Waals surface area contributed by atoms with E-state index in [9.17, 15) is 0 Å². The molecule has 1 heterocycles. The van der Waals surface area contributed by atoms with Gasteiger partial charge in [-0.05, 0) is 38.8 Å². The van der Waals surface area contributed by atoms with E-state index in [-0.39, 0.29) is 0 Å². The molecule has 0 aliphatic carbocycles. The van der Waals surface area contributed by atoms with Crippen LogP contribution in [-0.4, -0.2) is 24.5 Å². The number of allylic oxidation sites excluding steroid dienone is 1. The van der Waals surface area contributed by atoms with Crippen molar-refractivity contribution in [3.8, 4) is 0 Å². The van der Waals surface area contributed by atoms with Crippen molar-refractivity contribution in [2.75, 3.05) is 19.6 Å². The highest BCUT2D eigenvalue weighted by molar-refractivity contribution is 5.03. The SMILES string of the molecule is CCCC/C=C(\CC)CN1CCCCCCC1. The smallest absolute Gasteiger partial charge is 0.0192 e. The first-order valence-corrected chi connectivity index (χ1v) is 7.77. The van der Waals surface area contributed by atoms with Gasteiger partial charge < -0.3 is 0 Å². The van der Waals surface area contributed by atoms with E-state index in [1.54, 1.807) is 5.57 Å². The topological polar surface area (TPSA) is 3.24 Å². The number of nitrogens with zero attached hydrogens (tertiary/aromatic N) is 1. The average molecular weight is 237 g/mol. The Morgan fingerprint density at radius 3 is 2.24 bits per heavy atom. The average Bonchev–Trinajstić information content (AvgIpc) is 2.30. The van der Waals surface area contributed by atoms with E-state index < -0.39 is 0 Å². The van der Waals surface area contributed by atoms with Crippen LogP contribution in [0, 0.1) is 0 Å². The van der Waals surface area contributed by atoms with Crippen molar-refractivity contribution in [1.82, 2.24) is 4.90 Å². The second-order valence-electron chi connectivity index (χ2n) is 5.40. The fraction of sp³-hybridized carbons (Fsp3) is 0.875. The number of likely N-dealkylation sites (tertiary alicyclic amines) is 1. The van der Waals surface area contributed by atoms with Crippen molar-refractivity contribution in [3.05, 3.63) is 11.6 Å². The fourth-order valence-electron chi connectivity index (χ4n) is 2.59. The van der Waals surface area contributed by atoms with Crippen molar-refractivity contribution in [1.29, 1.82) is 0 Å². The second-order valence-corrected chi connectivity index (χ2v) is 5.40. The molecular formula is C16H31N. The molecule has 0 aromatic heterocycles. The van der Waals surface area contributed by atoms with Gasteiger partial charge in [0.15, 0.2) is 0 Å². The Morgan fingerprint density at radius 1 is 1.00 bits per heavy atom. The first-order chi connectivity index (χ1) is 8.36. The zero-order valence-electron chi connectivity index (χ0n) is 12.0. The Bertz CT molecular complexity index is 200. The standard InChI is InChI=1S/C16H31N/c1-3-5-9-12-16(4-2)15-17-13-10-7-6-8-11-14-17/h12H,3-11,13-15H2,1-2H3/b16-12+. The van der Waals surface area contributed by atoms with Gasteiger partial charge in [-0.2, -0.15) is 0 Å². The van der Waals surface area contributed by atoms with Crippen molar-refractivity contribution < 1.29 is 0 Å². The molecule has 0 N–H and O–H groups in total. The van der Waals surface area contributed by atoms with Gasteiger partial charge in [0.05, 0.1) is 0 Å².